The minimum absolute atomic E-state index is 0. The Kier molecular flexibility index (Phi) is 11.6. The van der Waals surface area contributed by atoms with Gasteiger partial charge in [-0.1, -0.05) is 26.8 Å². The molecule has 0 aromatic heterocycles. The molecular weight excluding hydrogens is 429 g/mol. The van der Waals surface area contributed by atoms with Gasteiger partial charge in [-0.25, -0.2) is 0 Å². The van der Waals surface area contributed by atoms with Crippen molar-refractivity contribution in [3.63, 3.8) is 0 Å². The summed E-state index contributed by atoms with van der Waals surface area (Å²) in [5.41, 5.74) is 7.44. The molecule has 0 aliphatic carbocycles. The fourth-order valence-electron chi connectivity index (χ4n) is 2.77. The van der Waals surface area contributed by atoms with Crippen LogP contribution in [0.25, 0.3) is 0 Å². The van der Waals surface area contributed by atoms with Crippen molar-refractivity contribution >= 4 is 29.9 Å². The average molecular weight is 463 g/mol. The molecule has 6 heteroatoms. The van der Waals surface area contributed by atoms with E-state index in [0.29, 0.717) is 5.96 Å². The molecule has 0 atom stereocenters. The van der Waals surface area contributed by atoms with Crippen LogP contribution in [0.1, 0.15) is 45.6 Å². The number of nitrogens with one attached hydrogen (secondary N) is 1. The van der Waals surface area contributed by atoms with E-state index in [1.165, 1.54) is 0 Å². The molecule has 25 heavy (non-hydrogen) atoms. The first kappa shape index (κ1) is 23.8. The molecule has 144 valence electrons. The van der Waals surface area contributed by atoms with Gasteiger partial charge in [-0.2, -0.15) is 0 Å². The molecule has 0 radical (unpaired) electrons. The van der Waals surface area contributed by atoms with Crippen molar-refractivity contribution in [2.45, 2.75) is 46.5 Å². The van der Waals surface area contributed by atoms with Crippen molar-refractivity contribution in [2.75, 3.05) is 27.3 Å². The van der Waals surface area contributed by atoms with Gasteiger partial charge < -0.3 is 20.5 Å². The SMILES string of the molecule is CCC(CC)(CC)CN=C(N)NCCc1ccc(OC)c(OC)c1.I. The Labute approximate surface area is 169 Å². The van der Waals surface area contributed by atoms with Crippen LogP contribution in [-0.4, -0.2) is 33.3 Å². The molecule has 0 saturated heterocycles. The number of aliphatic imine (C=N–C) groups is 1. The Bertz CT molecular complexity index is 523. The molecule has 1 aromatic carbocycles. The van der Waals surface area contributed by atoms with Gasteiger partial charge >= 0.3 is 0 Å². The lowest BCUT2D eigenvalue weighted by molar-refractivity contribution is 0.263. The highest BCUT2D eigenvalue weighted by molar-refractivity contribution is 14.0. The van der Waals surface area contributed by atoms with E-state index in [4.69, 9.17) is 15.2 Å². The van der Waals surface area contributed by atoms with E-state index >= 15 is 0 Å². The molecular formula is C19H34IN3O2. The number of halogens is 1. The smallest absolute Gasteiger partial charge is 0.188 e. The largest absolute Gasteiger partial charge is 0.493 e. The van der Waals surface area contributed by atoms with Crippen molar-refractivity contribution in [3.8, 4) is 11.5 Å². The highest BCUT2D eigenvalue weighted by Gasteiger charge is 2.23. The number of methoxy groups -OCH3 is 2. The van der Waals surface area contributed by atoms with E-state index in [1.54, 1.807) is 14.2 Å². The topological polar surface area (TPSA) is 68.9 Å². The molecule has 0 saturated carbocycles. The third-order valence-corrected chi connectivity index (χ3v) is 5.00. The van der Waals surface area contributed by atoms with Gasteiger partial charge in [0, 0.05) is 13.1 Å². The summed E-state index contributed by atoms with van der Waals surface area (Å²) in [5.74, 6) is 2.01. The van der Waals surface area contributed by atoms with E-state index in [-0.39, 0.29) is 29.4 Å². The van der Waals surface area contributed by atoms with Crippen molar-refractivity contribution < 1.29 is 9.47 Å². The number of benzene rings is 1. The summed E-state index contributed by atoms with van der Waals surface area (Å²) in [5, 5.41) is 3.20. The zero-order chi connectivity index (χ0) is 18.0. The van der Waals surface area contributed by atoms with Gasteiger partial charge in [-0.15, -0.1) is 24.0 Å². The fourth-order valence-corrected chi connectivity index (χ4v) is 2.77. The molecule has 0 aliphatic rings. The predicted molar refractivity (Wildman–Crippen MR) is 116 cm³/mol. The van der Waals surface area contributed by atoms with E-state index in [2.05, 4.69) is 31.1 Å². The minimum Gasteiger partial charge on any atom is -0.493 e. The number of rotatable bonds is 10. The third kappa shape index (κ3) is 7.30. The van der Waals surface area contributed by atoms with Crippen LogP contribution in [0.4, 0.5) is 0 Å². The van der Waals surface area contributed by atoms with Gasteiger partial charge in [0.25, 0.3) is 0 Å². The molecule has 0 heterocycles. The standard InChI is InChI=1S/C19H33N3O2.HI/c1-6-19(7-2,8-3)14-22-18(20)21-12-11-15-9-10-16(23-4)17(13-15)24-5;/h9-10,13H,6-8,11-12,14H2,1-5H3,(H3,20,21,22);1H. The lowest BCUT2D eigenvalue weighted by Crippen LogP contribution is -2.35. The molecule has 1 rings (SSSR count). The van der Waals surface area contributed by atoms with Crippen molar-refractivity contribution in [1.82, 2.24) is 5.32 Å². The lowest BCUT2D eigenvalue weighted by Gasteiger charge is -2.28. The highest BCUT2D eigenvalue weighted by Crippen LogP contribution is 2.30. The number of ether oxygens (including phenoxy) is 2. The predicted octanol–water partition coefficient (Wildman–Crippen LogP) is 3.99. The number of hydrogen-bond acceptors (Lipinski definition) is 3. The average Bonchev–Trinajstić information content (AvgIpc) is 2.63. The van der Waals surface area contributed by atoms with Crippen molar-refractivity contribution in [1.29, 1.82) is 0 Å². The van der Waals surface area contributed by atoms with Gasteiger partial charge in [0.1, 0.15) is 0 Å². The third-order valence-electron chi connectivity index (χ3n) is 5.00. The first-order valence-electron chi connectivity index (χ1n) is 8.78. The van der Waals surface area contributed by atoms with E-state index in [9.17, 15) is 0 Å². The lowest BCUT2D eigenvalue weighted by atomic mass is 9.80. The van der Waals surface area contributed by atoms with Crippen LogP contribution >= 0.6 is 24.0 Å². The molecule has 3 N–H and O–H groups in total. The molecule has 0 unspecified atom stereocenters. The quantitative estimate of drug-likeness (QED) is 0.313. The Hall–Kier alpha value is -1.18. The van der Waals surface area contributed by atoms with Crippen molar-refractivity contribution in [2.24, 2.45) is 16.1 Å². The van der Waals surface area contributed by atoms with Crippen LogP contribution in [0, 0.1) is 5.41 Å². The normalized spacial score (nSPS) is 11.6. The maximum atomic E-state index is 6.01. The van der Waals surface area contributed by atoms with Gasteiger partial charge in [-0.05, 0) is 48.8 Å². The Morgan fingerprint density at radius 1 is 1.08 bits per heavy atom. The number of nitrogens with zero attached hydrogens (tertiary/aromatic N) is 1. The summed E-state index contributed by atoms with van der Waals surface area (Å²) in [6.07, 6.45) is 4.23. The van der Waals surface area contributed by atoms with Crippen LogP contribution < -0.4 is 20.5 Å². The van der Waals surface area contributed by atoms with E-state index in [0.717, 1.165) is 55.8 Å². The Morgan fingerprint density at radius 3 is 2.20 bits per heavy atom. The minimum atomic E-state index is 0. The van der Waals surface area contributed by atoms with Crippen LogP contribution in [-0.2, 0) is 6.42 Å². The van der Waals surface area contributed by atoms with Gasteiger partial charge in [0.05, 0.1) is 14.2 Å². The maximum Gasteiger partial charge on any atom is 0.188 e. The summed E-state index contributed by atoms with van der Waals surface area (Å²) in [4.78, 5) is 4.54. The van der Waals surface area contributed by atoms with E-state index < -0.39 is 0 Å². The molecule has 0 bridgehead atoms. The summed E-state index contributed by atoms with van der Waals surface area (Å²) in [6, 6.07) is 5.94. The second-order valence-electron chi connectivity index (χ2n) is 6.13. The molecule has 0 spiro atoms. The molecule has 0 aliphatic heterocycles. The fraction of sp³-hybridized carbons (Fsp3) is 0.632. The summed E-state index contributed by atoms with van der Waals surface area (Å²) in [7, 11) is 3.28. The number of nitrogens with two attached hydrogens (primary N) is 1. The molecule has 0 fully saturated rings. The molecule has 5 nitrogen and oxygen atoms in total. The zero-order valence-corrected chi connectivity index (χ0v) is 18.6. The second-order valence-corrected chi connectivity index (χ2v) is 6.13. The first-order chi connectivity index (χ1) is 11.5. The van der Waals surface area contributed by atoms with Crippen molar-refractivity contribution in [3.05, 3.63) is 23.8 Å². The van der Waals surface area contributed by atoms with E-state index in [1.807, 2.05) is 18.2 Å². The summed E-state index contributed by atoms with van der Waals surface area (Å²) < 4.78 is 10.6. The molecule has 0 amide bonds. The van der Waals surface area contributed by atoms with Crippen LogP contribution in [0.15, 0.2) is 23.2 Å². The number of hydrogen-bond donors (Lipinski definition) is 2. The summed E-state index contributed by atoms with van der Waals surface area (Å²) >= 11 is 0. The highest BCUT2D eigenvalue weighted by atomic mass is 127. The number of guanidine groups is 1. The Balaban J connectivity index is 0.00000576. The van der Waals surface area contributed by atoms with Crippen LogP contribution in [0.5, 0.6) is 11.5 Å². The van der Waals surface area contributed by atoms with Gasteiger partial charge in [0.15, 0.2) is 17.5 Å². The zero-order valence-electron chi connectivity index (χ0n) is 16.2. The van der Waals surface area contributed by atoms with Gasteiger partial charge in [0.2, 0.25) is 0 Å². The Morgan fingerprint density at radius 2 is 1.68 bits per heavy atom. The van der Waals surface area contributed by atoms with Crippen LogP contribution in [0.2, 0.25) is 0 Å². The summed E-state index contributed by atoms with van der Waals surface area (Å²) in [6.45, 7) is 8.20. The first-order valence-corrected chi connectivity index (χ1v) is 8.78. The maximum absolute atomic E-state index is 6.01. The van der Waals surface area contributed by atoms with Crippen LogP contribution in [0.3, 0.4) is 0 Å². The molecule has 1 aromatic rings. The second kappa shape index (κ2) is 12.2. The monoisotopic (exact) mass is 463 g/mol. The van der Waals surface area contributed by atoms with Gasteiger partial charge in [-0.3, -0.25) is 4.99 Å².